The molecule has 6 nitrogen and oxygen atoms in total. The first-order valence-electron chi connectivity index (χ1n) is 7.24. The normalized spacial score (nSPS) is 15.0. The van der Waals surface area contributed by atoms with Crippen LogP contribution in [0.5, 0.6) is 5.75 Å². The molecule has 0 fully saturated rings. The Balaban J connectivity index is 2.00. The van der Waals surface area contributed by atoms with E-state index < -0.39 is 0 Å². The molecule has 0 aliphatic carbocycles. The number of halogens is 1. The van der Waals surface area contributed by atoms with Crippen molar-refractivity contribution in [2.75, 3.05) is 31.1 Å². The summed E-state index contributed by atoms with van der Waals surface area (Å²) in [7, 11) is 0. The Labute approximate surface area is 138 Å². The van der Waals surface area contributed by atoms with Crippen LogP contribution in [0.4, 0.5) is 5.69 Å². The SMILES string of the molecule is CCN[C@H](C)CNC(=O)CN1C(=O)COc2cc(Br)ccc21. The van der Waals surface area contributed by atoms with Crippen LogP contribution in [-0.4, -0.2) is 44.1 Å². The van der Waals surface area contributed by atoms with Crippen LogP contribution < -0.4 is 20.3 Å². The standard InChI is InChI=1S/C15H20BrN3O3/c1-3-17-10(2)7-18-14(20)8-19-12-5-4-11(16)6-13(12)22-9-15(19)21/h4-6,10,17H,3,7-9H2,1-2H3,(H,18,20)/t10-/m1/s1. The molecule has 0 saturated heterocycles. The van der Waals surface area contributed by atoms with E-state index in [0.29, 0.717) is 18.0 Å². The molecule has 2 N–H and O–H groups in total. The van der Waals surface area contributed by atoms with E-state index in [-0.39, 0.29) is 31.0 Å². The van der Waals surface area contributed by atoms with Crippen molar-refractivity contribution in [3.05, 3.63) is 22.7 Å². The molecule has 1 aromatic carbocycles. The number of nitrogens with zero attached hydrogens (tertiary/aromatic N) is 1. The minimum atomic E-state index is -0.218. The number of carbonyl (C=O) groups excluding carboxylic acids is 2. The Kier molecular flexibility index (Phi) is 5.79. The van der Waals surface area contributed by atoms with Crippen LogP contribution in [-0.2, 0) is 9.59 Å². The summed E-state index contributed by atoms with van der Waals surface area (Å²) >= 11 is 3.36. The molecule has 1 aromatic rings. The van der Waals surface area contributed by atoms with Gasteiger partial charge in [-0.1, -0.05) is 22.9 Å². The lowest BCUT2D eigenvalue weighted by Gasteiger charge is -2.29. The van der Waals surface area contributed by atoms with E-state index in [2.05, 4.69) is 26.6 Å². The number of hydrogen-bond acceptors (Lipinski definition) is 4. The van der Waals surface area contributed by atoms with Gasteiger partial charge in [0.25, 0.3) is 5.91 Å². The third-order valence-electron chi connectivity index (χ3n) is 3.32. The predicted octanol–water partition coefficient (Wildman–Crippen LogP) is 1.29. The van der Waals surface area contributed by atoms with Gasteiger partial charge in [-0.2, -0.15) is 0 Å². The highest BCUT2D eigenvalue weighted by Crippen LogP contribution is 2.34. The average molecular weight is 370 g/mol. The first kappa shape index (κ1) is 16.8. The van der Waals surface area contributed by atoms with E-state index >= 15 is 0 Å². The van der Waals surface area contributed by atoms with Gasteiger partial charge in [0.05, 0.1) is 5.69 Å². The third kappa shape index (κ3) is 4.20. The summed E-state index contributed by atoms with van der Waals surface area (Å²) in [6.07, 6.45) is 0. The second-order valence-electron chi connectivity index (χ2n) is 5.14. The van der Waals surface area contributed by atoms with Gasteiger partial charge in [0.2, 0.25) is 5.91 Å². The largest absolute Gasteiger partial charge is 0.482 e. The van der Waals surface area contributed by atoms with Crippen LogP contribution in [0.2, 0.25) is 0 Å². The molecule has 2 amide bonds. The molecule has 1 aliphatic rings. The summed E-state index contributed by atoms with van der Waals surface area (Å²) in [5, 5.41) is 6.05. The van der Waals surface area contributed by atoms with Crippen LogP contribution in [0.3, 0.4) is 0 Å². The number of anilines is 1. The Morgan fingerprint density at radius 3 is 3.00 bits per heavy atom. The molecule has 1 aliphatic heterocycles. The molecule has 0 radical (unpaired) electrons. The highest BCUT2D eigenvalue weighted by atomic mass is 79.9. The lowest BCUT2D eigenvalue weighted by molar-refractivity contribution is -0.125. The van der Waals surface area contributed by atoms with Gasteiger partial charge in [-0.3, -0.25) is 14.5 Å². The van der Waals surface area contributed by atoms with Crippen LogP contribution >= 0.6 is 15.9 Å². The first-order chi connectivity index (χ1) is 10.5. The molecule has 7 heteroatoms. The highest BCUT2D eigenvalue weighted by molar-refractivity contribution is 9.10. The molecule has 120 valence electrons. The van der Waals surface area contributed by atoms with Crippen LogP contribution in [0.15, 0.2) is 22.7 Å². The van der Waals surface area contributed by atoms with E-state index in [4.69, 9.17) is 4.74 Å². The van der Waals surface area contributed by atoms with Crippen molar-refractivity contribution in [1.29, 1.82) is 0 Å². The second kappa shape index (κ2) is 7.60. The van der Waals surface area contributed by atoms with Crippen molar-refractivity contribution in [1.82, 2.24) is 10.6 Å². The zero-order chi connectivity index (χ0) is 16.1. The topological polar surface area (TPSA) is 70.7 Å². The van der Waals surface area contributed by atoms with E-state index in [9.17, 15) is 9.59 Å². The van der Waals surface area contributed by atoms with Crippen LogP contribution in [0.25, 0.3) is 0 Å². The molecule has 1 atom stereocenters. The summed E-state index contributed by atoms with van der Waals surface area (Å²) in [4.78, 5) is 25.5. The van der Waals surface area contributed by atoms with Crippen molar-refractivity contribution >= 4 is 33.4 Å². The molecule has 0 aromatic heterocycles. The lowest BCUT2D eigenvalue weighted by Crippen LogP contribution is -2.47. The lowest BCUT2D eigenvalue weighted by atomic mass is 10.2. The second-order valence-corrected chi connectivity index (χ2v) is 6.06. The van der Waals surface area contributed by atoms with Crippen molar-refractivity contribution in [3.63, 3.8) is 0 Å². The number of ether oxygens (including phenoxy) is 1. The van der Waals surface area contributed by atoms with Gasteiger partial charge in [0, 0.05) is 17.1 Å². The number of likely N-dealkylation sites (N-methyl/N-ethyl adjacent to an activating group) is 1. The predicted molar refractivity (Wildman–Crippen MR) is 88.1 cm³/mol. The quantitative estimate of drug-likeness (QED) is 0.792. The smallest absolute Gasteiger partial charge is 0.265 e. The number of fused-ring (bicyclic) bond motifs is 1. The summed E-state index contributed by atoms with van der Waals surface area (Å²) in [5.41, 5.74) is 0.620. The van der Waals surface area contributed by atoms with E-state index in [1.54, 1.807) is 12.1 Å². The zero-order valence-electron chi connectivity index (χ0n) is 12.7. The maximum absolute atomic E-state index is 12.1. The van der Waals surface area contributed by atoms with Gasteiger partial charge in [-0.25, -0.2) is 0 Å². The number of benzene rings is 1. The molecular weight excluding hydrogens is 350 g/mol. The summed E-state index contributed by atoms with van der Waals surface area (Å²) in [6.45, 7) is 5.33. The fourth-order valence-corrected chi connectivity index (χ4v) is 2.58. The Morgan fingerprint density at radius 1 is 1.50 bits per heavy atom. The van der Waals surface area contributed by atoms with Crippen LogP contribution in [0, 0.1) is 0 Å². The van der Waals surface area contributed by atoms with Crippen molar-refractivity contribution in [2.45, 2.75) is 19.9 Å². The summed E-state index contributed by atoms with van der Waals surface area (Å²) < 4.78 is 6.26. The fourth-order valence-electron chi connectivity index (χ4n) is 2.24. The van der Waals surface area contributed by atoms with Gasteiger partial charge >= 0.3 is 0 Å². The van der Waals surface area contributed by atoms with Gasteiger partial charge in [0.15, 0.2) is 6.61 Å². The van der Waals surface area contributed by atoms with Crippen LogP contribution in [0.1, 0.15) is 13.8 Å². The van der Waals surface area contributed by atoms with Gasteiger partial charge in [-0.05, 0) is 31.7 Å². The molecule has 1 heterocycles. The first-order valence-corrected chi connectivity index (χ1v) is 8.03. The molecule has 0 spiro atoms. The molecule has 0 saturated carbocycles. The maximum atomic E-state index is 12.1. The van der Waals surface area contributed by atoms with E-state index in [0.717, 1.165) is 11.0 Å². The Morgan fingerprint density at radius 2 is 2.27 bits per heavy atom. The molecule has 0 unspecified atom stereocenters. The summed E-state index contributed by atoms with van der Waals surface area (Å²) in [6, 6.07) is 5.57. The third-order valence-corrected chi connectivity index (χ3v) is 3.82. The highest BCUT2D eigenvalue weighted by Gasteiger charge is 2.27. The van der Waals surface area contributed by atoms with Crippen molar-refractivity contribution in [2.24, 2.45) is 0 Å². The number of rotatable bonds is 6. The number of amides is 2. The molecular formula is C15H20BrN3O3. The molecule has 22 heavy (non-hydrogen) atoms. The Hall–Kier alpha value is -1.60. The molecule has 0 bridgehead atoms. The van der Waals surface area contributed by atoms with E-state index in [1.807, 2.05) is 19.9 Å². The summed E-state index contributed by atoms with van der Waals surface area (Å²) in [5.74, 6) is 0.196. The number of carbonyl (C=O) groups is 2. The fraction of sp³-hybridized carbons (Fsp3) is 0.467. The molecule has 2 rings (SSSR count). The van der Waals surface area contributed by atoms with E-state index in [1.165, 1.54) is 4.90 Å². The average Bonchev–Trinajstić information content (AvgIpc) is 2.48. The minimum absolute atomic E-state index is 0.00429. The van der Waals surface area contributed by atoms with Crippen molar-refractivity contribution in [3.8, 4) is 5.75 Å². The number of nitrogens with one attached hydrogen (secondary N) is 2. The maximum Gasteiger partial charge on any atom is 0.265 e. The van der Waals surface area contributed by atoms with Gasteiger partial charge in [0.1, 0.15) is 12.3 Å². The van der Waals surface area contributed by atoms with Gasteiger partial charge in [-0.15, -0.1) is 0 Å². The van der Waals surface area contributed by atoms with Gasteiger partial charge < -0.3 is 15.4 Å². The minimum Gasteiger partial charge on any atom is -0.482 e. The monoisotopic (exact) mass is 369 g/mol. The Bertz CT molecular complexity index is 565. The number of hydrogen-bond donors (Lipinski definition) is 2. The van der Waals surface area contributed by atoms with Crippen molar-refractivity contribution < 1.29 is 14.3 Å². The zero-order valence-corrected chi connectivity index (χ0v) is 14.3.